The third kappa shape index (κ3) is 1.88. The predicted molar refractivity (Wildman–Crippen MR) is 48.8 cm³/mol. The molecule has 2 amide bonds. The lowest BCUT2D eigenvalue weighted by Gasteiger charge is -2.19. The van der Waals surface area contributed by atoms with E-state index in [2.05, 4.69) is 0 Å². The summed E-state index contributed by atoms with van der Waals surface area (Å²) in [6.07, 6.45) is 0.304. The zero-order valence-corrected chi connectivity index (χ0v) is 8.33. The normalized spacial score (nSPS) is 23.8. The van der Waals surface area contributed by atoms with Crippen LogP contribution in [0.3, 0.4) is 0 Å². The van der Waals surface area contributed by atoms with E-state index < -0.39 is 5.41 Å². The smallest absolute Gasteiger partial charge is 0.235 e. The molecule has 0 bridgehead atoms. The Morgan fingerprint density at radius 1 is 1.54 bits per heavy atom. The van der Waals surface area contributed by atoms with Crippen molar-refractivity contribution in [2.75, 3.05) is 6.54 Å². The van der Waals surface area contributed by atoms with E-state index in [1.807, 2.05) is 0 Å². The quantitative estimate of drug-likeness (QED) is 0.620. The summed E-state index contributed by atoms with van der Waals surface area (Å²) in [5.41, 5.74) is 5.00. The average Bonchev–Trinajstić information content (AvgIpc) is 2.12. The summed E-state index contributed by atoms with van der Waals surface area (Å²) in [6.45, 7) is 5.69. The van der Waals surface area contributed by atoms with Gasteiger partial charge in [-0.3, -0.25) is 14.5 Å². The molecule has 74 valence electrons. The summed E-state index contributed by atoms with van der Waals surface area (Å²) in [5.74, 6) is -0.206. The molecule has 0 spiro atoms. The second-order valence-electron chi connectivity index (χ2n) is 4.35. The molecule has 0 saturated carbocycles. The fraction of sp³-hybridized carbons (Fsp3) is 0.778. The fourth-order valence-corrected chi connectivity index (χ4v) is 1.50. The number of nitrogens with two attached hydrogens (primary N) is 1. The molecule has 1 saturated heterocycles. The molecule has 4 heteroatoms. The first kappa shape index (κ1) is 10.2. The number of hydrogen-bond donors (Lipinski definition) is 1. The lowest BCUT2D eigenvalue weighted by molar-refractivity contribution is -0.141. The van der Waals surface area contributed by atoms with Crippen LogP contribution in [-0.2, 0) is 9.59 Å². The largest absolute Gasteiger partial charge is 0.326 e. The van der Waals surface area contributed by atoms with Crippen molar-refractivity contribution in [3.63, 3.8) is 0 Å². The molecule has 0 unspecified atom stereocenters. The van der Waals surface area contributed by atoms with Gasteiger partial charge in [0.2, 0.25) is 11.8 Å². The third-order valence-electron chi connectivity index (χ3n) is 2.19. The monoisotopic (exact) mass is 184 g/mol. The van der Waals surface area contributed by atoms with Gasteiger partial charge in [0.25, 0.3) is 0 Å². The van der Waals surface area contributed by atoms with Gasteiger partial charge < -0.3 is 5.73 Å². The van der Waals surface area contributed by atoms with E-state index in [1.165, 1.54) is 4.90 Å². The lowest BCUT2D eigenvalue weighted by Crippen LogP contribution is -2.40. The first-order valence-electron chi connectivity index (χ1n) is 4.45. The van der Waals surface area contributed by atoms with Crippen LogP contribution in [-0.4, -0.2) is 29.3 Å². The second kappa shape index (κ2) is 3.10. The molecule has 0 aromatic rings. The number of hydrogen-bond acceptors (Lipinski definition) is 3. The first-order valence-corrected chi connectivity index (χ1v) is 4.45. The molecule has 1 aliphatic heterocycles. The number of carbonyl (C=O) groups is 2. The zero-order valence-electron chi connectivity index (χ0n) is 8.33. The summed E-state index contributed by atoms with van der Waals surface area (Å²) in [5, 5.41) is 0. The molecule has 1 fully saturated rings. The number of likely N-dealkylation sites (tertiary alicyclic amines) is 1. The molecule has 13 heavy (non-hydrogen) atoms. The third-order valence-corrected chi connectivity index (χ3v) is 2.19. The van der Waals surface area contributed by atoms with E-state index in [0.29, 0.717) is 13.0 Å². The second-order valence-corrected chi connectivity index (χ2v) is 4.35. The molecule has 0 aliphatic carbocycles. The number of carbonyl (C=O) groups excluding carboxylic acids is 2. The Morgan fingerprint density at radius 3 is 2.38 bits per heavy atom. The van der Waals surface area contributed by atoms with E-state index in [0.717, 1.165) is 0 Å². The minimum Gasteiger partial charge on any atom is -0.326 e. The molecule has 1 atom stereocenters. The molecule has 2 N–H and O–H groups in total. The topological polar surface area (TPSA) is 63.4 Å². The van der Waals surface area contributed by atoms with E-state index >= 15 is 0 Å². The van der Waals surface area contributed by atoms with Crippen LogP contribution in [0.15, 0.2) is 0 Å². The Labute approximate surface area is 78.1 Å². The molecular formula is C9H16N2O2. The summed E-state index contributed by atoms with van der Waals surface area (Å²) < 4.78 is 0. The summed E-state index contributed by atoms with van der Waals surface area (Å²) in [7, 11) is 0. The Kier molecular flexibility index (Phi) is 2.43. The molecule has 0 radical (unpaired) electrons. The van der Waals surface area contributed by atoms with E-state index in [1.54, 1.807) is 20.8 Å². The van der Waals surface area contributed by atoms with Gasteiger partial charge in [-0.1, -0.05) is 13.8 Å². The van der Waals surface area contributed by atoms with Gasteiger partial charge in [-0.05, 0) is 6.92 Å². The van der Waals surface area contributed by atoms with Crippen molar-refractivity contribution >= 4 is 11.8 Å². The molecule has 1 aliphatic rings. The van der Waals surface area contributed by atoms with E-state index in [4.69, 9.17) is 5.73 Å². The van der Waals surface area contributed by atoms with Crippen LogP contribution in [0.2, 0.25) is 0 Å². The Balaban J connectivity index is 2.77. The highest BCUT2D eigenvalue weighted by Gasteiger charge is 2.44. The molecule has 0 aromatic heterocycles. The lowest BCUT2D eigenvalue weighted by atomic mass is 9.92. The van der Waals surface area contributed by atoms with Gasteiger partial charge in [0.15, 0.2) is 0 Å². The highest BCUT2D eigenvalue weighted by molar-refractivity contribution is 6.05. The van der Waals surface area contributed by atoms with Crippen LogP contribution in [0, 0.1) is 5.41 Å². The Morgan fingerprint density at radius 2 is 2.08 bits per heavy atom. The summed E-state index contributed by atoms with van der Waals surface area (Å²) >= 11 is 0. The van der Waals surface area contributed by atoms with Crippen molar-refractivity contribution in [2.45, 2.75) is 33.2 Å². The maximum atomic E-state index is 11.6. The van der Waals surface area contributed by atoms with E-state index in [9.17, 15) is 9.59 Å². The molecule has 1 rings (SSSR count). The molecule has 1 heterocycles. The van der Waals surface area contributed by atoms with Gasteiger partial charge >= 0.3 is 0 Å². The number of rotatable bonds is 2. The average molecular weight is 184 g/mol. The predicted octanol–water partition coefficient (Wildman–Crippen LogP) is 0.119. The molecule has 0 aromatic carbocycles. The highest BCUT2D eigenvalue weighted by Crippen LogP contribution is 2.31. The van der Waals surface area contributed by atoms with Crippen LogP contribution in [0.4, 0.5) is 0 Å². The van der Waals surface area contributed by atoms with Crippen LogP contribution in [0.1, 0.15) is 27.2 Å². The van der Waals surface area contributed by atoms with Crippen LogP contribution < -0.4 is 5.73 Å². The van der Waals surface area contributed by atoms with Crippen molar-refractivity contribution in [3.8, 4) is 0 Å². The van der Waals surface area contributed by atoms with Crippen LogP contribution in [0.25, 0.3) is 0 Å². The number of amides is 2. The molecule has 4 nitrogen and oxygen atoms in total. The van der Waals surface area contributed by atoms with Gasteiger partial charge in [-0.25, -0.2) is 0 Å². The minimum atomic E-state index is -0.536. The summed E-state index contributed by atoms with van der Waals surface area (Å²) in [6, 6.07) is -0.151. The Bertz CT molecular complexity index is 246. The number of imide groups is 1. The highest BCUT2D eigenvalue weighted by atomic mass is 16.2. The minimum absolute atomic E-state index is 0.102. The van der Waals surface area contributed by atoms with Gasteiger partial charge in [-0.2, -0.15) is 0 Å². The maximum absolute atomic E-state index is 11.6. The molecular weight excluding hydrogens is 168 g/mol. The first-order chi connectivity index (χ1) is 5.84. The van der Waals surface area contributed by atoms with Gasteiger partial charge in [0.05, 0.1) is 5.41 Å². The van der Waals surface area contributed by atoms with Crippen molar-refractivity contribution in [1.82, 2.24) is 4.90 Å². The van der Waals surface area contributed by atoms with Crippen molar-refractivity contribution in [1.29, 1.82) is 0 Å². The zero-order chi connectivity index (χ0) is 10.2. The van der Waals surface area contributed by atoms with Gasteiger partial charge in [0.1, 0.15) is 0 Å². The van der Waals surface area contributed by atoms with Gasteiger partial charge in [0, 0.05) is 19.0 Å². The maximum Gasteiger partial charge on any atom is 0.235 e. The summed E-state index contributed by atoms with van der Waals surface area (Å²) in [4.78, 5) is 24.3. The van der Waals surface area contributed by atoms with Crippen LogP contribution in [0.5, 0.6) is 0 Å². The fourth-order valence-electron chi connectivity index (χ4n) is 1.50. The van der Waals surface area contributed by atoms with Gasteiger partial charge in [-0.15, -0.1) is 0 Å². The van der Waals surface area contributed by atoms with Crippen molar-refractivity contribution in [3.05, 3.63) is 0 Å². The van der Waals surface area contributed by atoms with E-state index in [-0.39, 0.29) is 17.9 Å². The number of nitrogens with zero attached hydrogens (tertiary/aromatic N) is 1. The SMILES string of the molecule is C[C@@H](N)CN1C(=O)CC(C)(C)C1=O. The van der Waals surface area contributed by atoms with Crippen molar-refractivity contribution < 1.29 is 9.59 Å². The van der Waals surface area contributed by atoms with Crippen molar-refractivity contribution in [2.24, 2.45) is 11.1 Å². The standard InChI is InChI=1S/C9H16N2O2/c1-6(10)5-11-7(12)4-9(2,3)8(11)13/h6H,4-5,10H2,1-3H3/t6-/m1/s1. The Hall–Kier alpha value is -0.900. The van der Waals surface area contributed by atoms with Crippen LogP contribution >= 0.6 is 0 Å².